The van der Waals surface area contributed by atoms with Crippen LogP contribution in [0.2, 0.25) is 0 Å². The fourth-order valence-electron chi connectivity index (χ4n) is 5.64. The first-order chi connectivity index (χ1) is 31.9. The third kappa shape index (κ3) is 27.1. The van der Waals surface area contributed by atoms with Gasteiger partial charge in [0.1, 0.15) is 18.9 Å². The van der Waals surface area contributed by atoms with Gasteiger partial charge in [0, 0.05) is 67.5 Å². The summed E-state index contributed by atoms with van der Waals surface area (Å²) in [5.41, 5.74) is 2.62. The number of aliphatic hydroxyl groups excluding tert-OH is 2. The van der Waals surface area contributed by atoms with Gasteiger partial charge in [0.05, 0.1) is 105 Å². The molecule has 0 unspecified atom stereocenters. The molecule has 4 rings (SSSR count). The minimum absolute atomic E-state index is 0.0185. The van der Waals surface area contributed by atoms with Crippen molar-refractivity contribution >= 4 is 54.7 Å². The molecule has 1 saturated heterocycles. The topological polar surface area (TPSA) is 207 Å². The second-order valence-corrected chi connectivity index (χ2v) is 29.9. The summed E-state index contributed by atoms with van der Waals surface area (Å²) in [4.78, 5) is 34.5. The molecule has 0 saturated carbocycles. The summed E-state index contributed by atoms with van der Waals surface area (Å²) < 4.78 is 87.6. The van der Waals surface area contributed by atoms with Crippen LogP contribution in [-0.2, 0) is 55.3 Å². The first-order valence-corrected chi connectivity index (χ1v) is 33.5. The van der Waals surface area contributed by atoms with Gasteiger partial charge >= 0.3 is 62.6 Å². The quantitative estimate of drug-likeness (QED) is 0.0481. The SMILES string of the molecule is Cc1ncc(CC(=O)c2cccc(C(F)(F)F)c2)cc1-c1cnc(OCCOCCOCCOCCOCC(=O)O)c(N2CCOCC2)c1.I[I-]I.OCCCOCCOCCOCCO. The number of pyridine rings is 2. The van der Waals surface area contributed by atoms with E-state index in [4.69, 9.17) is 58.0 Å². The number of carboxylic acid groups (broad SMARTS) is 1. The molecule has 0 spiro atoms. The second-order valence-electron chi connectivity index (χ2n) is 13.6. The van der Waals surface area contributed by atoms with Crippen LogP contribution in [0, 0.1) is 6.92 Å². The van der Waals surface area contributed by atoms with E-state index in [9.17, 15) is 22.8 Å². The van der Waals surface area contributed by atoms with Crippen molar-refractivity contribution in [3.05, 3.63) is 71.2 Å². The zero-order chi connectivity index (χ0) is 48.3. The van der Waals surface area contributed by atoms with E-state index >= 15 is 0 Å². The minimum Gasteiger partial charge on any atom is -0.396 e. The Labute approximate surface area is 413 Å². The number of carboxylic acids is 1. The van der Waals surface area contributed by atoms with Gasteiger partial charge in [-0.15, -0.1) is 0 Å². The summed E-state index contributed by atoms with van der Waals surface area (Å²) in [5, 5.41) is 25.3. The molecule has 23 heteroatoms. The number of aliphatic carboxylic acids is 1. The molecule has 0 bridgehead atoms. The molecule has 0 atom stereocenters. The van der Waals surface area contributed by atoms with Crippen LogP contribution in [0.25, 0.3) is 11.1 Å². The van der Waals surface area contributed by atoms with Crippen molar-refractivity contribution in [1.29, 1.82) is 0 Å². The molecule has 3 heterocycles. The number of anilines is 1. The van der Waals surface area contributed by atoms with E-state index in [2.05, 4.69) is 52.1 Å². The number of hydrogen-bond donors (Lipinski definition) is 3. The number of benzene rings is 1. The standard InChI is InChI=1S/C34H40F3N3O9.C9H20O5.I3/c1-24-29(17-25(21-38-24)18-31(41)26-3-2-4-28(19-26)34(35,36)37)27-20-30(40-5-7-44-8-6-40)33(39-22-27)49-16-15-47-12-11-45-9-10-46-13-14-48-23-32(42)43;10-2-1-4-12-6-8-14-9-7-13-5-3-11;1-3-2/h2-4,17,19-22H,5-16,18,23H2,1H3,(H,42,43);10-11H,1-9H2;/q;;-1. The Morgan fingerprint density at radius 1 is 0.758 bits per heavy atom. The number of hydrogen-bond acceptors (Lipinski definition) is 16. The predicted octanol–water partition coefficient (Wildman–Crippen LogP) is 2.45. The van der Waals surface area contributed by atoms with Crippen molar-refractivity contribution in [2.45, 2.75) is 25.9 Å². The van der Waals surface area contributed by atoms with Crippen molar-refractivity contribution in [3.63, 3.8) is 0 Å². The number of Topliss-reactive ketones (excluding diaryl/α,β-unsaturated/α-hetero) is 1. The third-order valence-corrected chi connectivity index (χ3v) is 8.75. The molecule has 17 nitrogen and oxygen atoms in total. The number of nitrogens with zero attached hydrogens (tertiary/aromatic N) is 3. The number of aromatic nitrogens is 2. The van der Waals surface area contributed by atoms with Crippen molar-refractivity contribution in [2.24, 2.45) is 0 Å². The van der Waals surface area contributed by atoms with Gasteiger partial charge in [-0.05, 0) is 43.2 Å². The van der Waals surface area contributed by atoms with Crippen molar-refractivity contribution in [2.75, 3.05) is 144 Å². The fraction of sp³-hybridized carbons (Fsp3) is 0.581. The van der Waals surface area contributed by atoms with E-state index in [1.165, 1.54) is 12.1 Å². The number of halogens is 6. The van der Waals surface area contributed by atoms with Crippen LogP contribution < -0.4 is 22.9 Å². The van der Waals surface area contributed by atoms with Gasteiger partial charge in [-0.2, -0.15) is 13.2 Å². The molecule has 374 valence electrons. The van der Waals surface area contributed by atoms with Crippen LogP contribution in [0.5, 0.6) is 5.88 Å². The number of carbonyl (C=O) groups excluding carboxylic acids is 1. The van der Waals surface area contributed by atoms with Crippen molar-refractivity contribution in [1.82, 2.24) is 9.97 Å². The molecular weight excluding hydrogens is 1220 g/mol. The summed E-state index contributed by atoms with van der Waals surface area (Å²) in [7, 11) is 0. The Balaban J connectivity index is 0.000000746. The number of ether oxygens (including phenoxy) is 9. The van der Waals surface area contributed by atoms with Gasteiger partial charge in [0.25, 0.3) is 0 Å². The summed E-state index contributed by atoms with van der Waals surface area (Å²) in [6.07, 6.45) is -0.771. The van der Waals surface area contributed by atoms with Gasteiger partial charge in [-0.25, -0.2) is 9.78 Å². The first kappa shape index (κ1) is 60.0. The molecule has 0 aliphatic carbocycles. The molecule has 66 heavy (non-hydrogen) atoms. The van der Waals surface area contributed by atoms with Gasteiger partial charge in [0.2, 0.25) is 5.88 Å². The van der Waals surface area contributed by atoms with E-state index in [1.807, 2.05) is 19.1 Å². The van der Waals surface area contributed by atoms with Crippen molar-refractivity contribution in [3.8, 4) is 17.0 Å². The Hall–Kier alpha value is -2.16. The Morgan fingerprint density at radius 2 is 1.32 bits per heavy atom. The maximum Gasteiger partial charge on any atom is 0.0701 e. The molecule has 0 radical (unpaired) electrons. The Bertz CT molecular complexity index is 1760. The molecule has 1 fully saturated rings. The fourth-order valence-corrected chi connectivity index (χ4v) is 5.64. The summed E-state index contributed by atoms with van der Waals surface area (Å²) >= 11 is 5.30. The zero-order valence-corrected chi connectivity index (χ0v) is 43.3. The Morgan fingerprint density at radius 3 is 1.88 bits per heavy atom. The molecule has 1 aliphatic rings. The van der Waals surface area contributed by atoms with E-state index in [-0.39, 0.29) is 51.6 Å². The third-order valence-electron chi connectivity index (χ3n) is 8.75. The van der Waals surface area contributed by atoms with Crippen LogP contribution in [0.3, 0.4) is 0 Å². The zero-order valence-electron chi connectivity index (χ0n) is 36.8. The Kier molecular flexibility index (Phi) is 34.3. The van der Waals surface area contributed by atoms with E-state index in [1.54, 1.807) is 12.4 Å². The number of ketones is 1. The average Bonchev–Trinajstić information content (AvgIpc) is 3.31. The molecule has 3 N–H and O–H groups in total. The summed E-state index contributed by atoms with van der Waals surface area (Å²) in [6.45, 7) is 9.53. The number of morpholine rings is 1. The molecular formula is C43H60F3I3N3O14-. The van der Waals surface area contributed by atoms with Crippen LogP contribution in [0.15, 0.2) is 48.8 Å². The van der Waals surface area contributed by atoms with E-state index < -0.39 is 23.5 Å². The van der Waals surface area contributed by atoms with Crippen LogP contribution >= 0.6 is 37.2 Å². The second kappa shape index (κ2) is 37.7. The van der Waals surface area contributed by atoms with Crippen LogP contribution in [-0.4, -0.2) is 176 Å². The number of aryl methyl sites for hydroxylation is 1. The van der Waals surface area contributed by atoms with E-state index in [0.29, 0.717) is 136 Å². The van der Waals surface area contributed by atoms with Crippen LogP contribution in [0.1, 0.15) is 33.6 Å². The van der Waals surface area contributed by atoms with Gasteiger partial charge in [-0.3, -0.25) is 9.78 Å². The summed E-state index contributed by atoms with van der Waals surface area (Å²) in [5.74, 6) is -1.04. The van der Waals surface area contributed by atoms with Gasteiger partial charge < -0.3 is 62.9 Å². The maximum absolute atomic E-state index is 13.2. The predicted molar refractivity (Wildman–Crippen MR) is 250 cm³/mol. The van der Waals surface area contributed by atoms with Crippen molar-refractivity contribution < 1.29 is 94.0 Å². The van der Waals surface area contributed by atoms with Gasteiger partial charge in [0.15, 0.2) is 5.78 Å². The summed E-state index contributed by atoms with van der Waals surface area (Å²) in [6, 6.07) is 8.17. The largest absolute Gasteiger partial charge is 0.396 e. The molecule has 1 aromatic carbocycles. The molecule has 0 amide bonds. The molecule has 1 aliphatic heterocycles. The minimum atomic E-state index is -4.54. The maximum atomic E-state index is 13.2. The number of alkyl halides is 3. The normalized spacial score (nSPS) is 12.6. The smallest absolute Gasteiger partial charge is 0.0701 e. The molecule has 3 aromatic rings. The number of aliphatic hydroxyl groups is 2. The monoisotopic (exact) mass is 1280 g/mol. The average molecular weight is 1280 g/mol. The number of rotatable bonds is 31. The van der Waals surface area contributed by atoms with Crippen LogP contribution in [0.4, 0.5) is 18.9 Å². The van der Waals surface area contributed by atoms with Gasteiger partial charge in [-0.1, -0.05) is 12.1 Å². The number of carbonyl (C=O) groups is 2. The molecule has 2 aromatic heterocycles. The first-order valence-electron chi connectivity index (χ1n) is 20.9. The van der Waals surface area contributed by atoms with E-state index in [0.717, 1.165) is 28.9 Å².